The first-order chi connectivity index (χ1) is 16.6. The van der Waals surface area contributed by atoms with Crippen LogP contribution in [0, 0.1) is 5.92 Å². The molecule has 0 radical (unpaired) electrons. The summed E-state index contributed by atoms with van der Waals surface area (Å²) in [7, 11) is 1.68. The van der Waals surface area contributed by atoms with Gasteiger partial charge in [-0.25, -0.2) is 9.97 Å². The zero-order valence-electron chi connectivity index (χ0n) is 19.5. The molecule has 1 amide bonds. The van der Waals surface area contributed by atoms with E-state index in [4.69, 9.17) is 20.4 Å². The Balaban J connectivity index is 1.43. The molecule has 4 heterocycles. The standard InChI is InChI=1S/C26H30N6O2/c1-34-20-7-5-18(6-8-20)16-31-13-11-22-21(17-31)26(32-14-9-19(10-15-32)24(27)33)30-25(29-22)23-4-2-3-12-28-23/h2-8,12,19H,9-11,13-17H2,1H3,(H2,27,33). The van der Waals surface area contributed by atoms with E-state index in [0.717, 1.165) is 74.9 Å². The molecule has 8 nitrogen and oxygen atoms in total. The first kappa shape index (κ1) is 22.3. The van der Waals surface area contributed by atoms with Gasteiger partial charge in [0.25, 0.3) is 0 Å². The number of benzene rings is 1. The number of amides is 1. The first-order valence-corrected chi connectivity index (χ1v) is 11.8. The van der Waals surface area contributed by atoms with Gasteiger partial charge >= 0.3 is 0 Å². The second-order valence-electron chi connectivity index (χ2n) is 8.98. The van der Waals surface area contributed by atoms with Gasteiger partial charge in [0, 0.05) is 56.8 Å². The van der Waals surface area contributed by atoms with Gasteiger partial charge in [0.05, 0.1) is 12.8 Å². The topological polar surface area (TPSA) is 97.5 Å². The van der Waals surface area contributed by atoms with Crippen molar-refractivity contribution in [1.29, 1.82) is 0 Å². The Labute approximate surface area is 199 Å². The van der Waals surface area contributed by atoms with Crippen LogP contribution in [0.1, 0.15) is 29.7 Å². The summed E-state index contributed by atoms with van der Waals surface area (Å²) in [6.07, 6.45) is 4.14. The number of nitrogens with zero attached hydrogens (tertiary/aromatic N) is 5. The molecular weight excluding hydrogens is 428 g/mol. The fourth-order valence-electron chi connectivity index (χ4n) is 4.82. The number of primary amides is 1. The van der Waals surface area contributed by atoms with Crippen molar-refractivity contribution in [2.24, 2.45) is 11.7 Å². The Morgan fingerprint density at radius 2 is 1.88 bits per heavy atom. The monoisotopic (exact) mass is 458 g/mol. The van der Waals surface area contributed by atoms with E-state index in [2.05, 4.69) is 26.9 Å². The number of pyridine rings is 1. The van der Waals surface area contributed by atoms with Gasteiger partial charge in [-0.3, -0.25) is 14.7 Å². The van der Waals surface area contributed by atoms with Crippen molar-refractivity contribution in [3.05, 3.63) is 65.5 Å². The third kappa shape index (κ3) is 4.72. The number of anilines is 1. The Kier molecular flexibility index (Phi) is 6.40. The van der Waals surface area contributed by atoms with E-state index in [1.54, 1.807) is 13.3 Å². The van der Waals surface area contributed by atoms with Gasteiger partial charge in [-0.15, -0.1) is 0 Å². The maximum atomic E-state index is 11.7. The highest BCUT2D eigenvalue weighted by molar-refractivity contribution is 5.77. The maximum absolute atomic E-state index is 11.7. The van der Waals surface area contributed by atoms with Gasteiger partial charge in [0.15, 0.2) is 5.82 Å². The van der Waals surface area contributed by atoms with Crippen LogP contribution >= 0.6 is 0 Å². The van der Waals surface area contributed by atoms with Gasteiger partial charge in [-0.2, -0.15) is 0 Å². The smallest absolute Gasteiger partial charge is 0.220 e. The number of hydrogen-bond donors (Lipinski definition) is 1. The quantitative estimate of drug-likeness (QED) is 0.607. The number of fused-ring (bicyclic) bond motifs is 1. The molecule has 1 aromatic carbocycles. The van der Waals surface area contributed by atoms with E-state index in [0.29, 0.717) is 5.82 Å². The van der Waals surface area contributed by atoms with Crippen LogP contribution in [0.4, 0.5) is 5.82 Å². The molecule has 1 fully saturated rings. The Bertz CT molecular complexity index is 1140. The number of hydrogen-bond acceptors (Lipinski definition) is 7. The van der Waals surface area contributed by atoms with Gasteiger partial charge in [0.1, 0.15) is 17.3 Å². The molecule has 0 unspecified atom stereocenters. The van der Waals surface area contributed by atoms with E-state index in [1.165, 1.54) is 11.1 Å². The highest BCUT2D eigenvalue weighted by atomic mass is 16.5. The first-order valence-electron chi connectivity index (χ1n) is 11.8. The molecule has 0 atom stereocenters. The number of rotatable bonds is 6. The lowest BCUT2D eigenvalue weighted by Crippen LogP contribution is -2.40. The lowest BCUT2D eigenvalue weighted by molar-refractivity contribution is -0.122. The summed E-state index contributed by atoms with van der Waals surface area (Å²) in [5.74, 6) is 2.23. The van der Waals surface area contributed by atoms with Gasteiger partial charge < -0.3 is 15.4 Å². The fraction of sp³-hybridized carbons (Fsp3) is 0.385. The fourth-order valence-corrected chi connectivity index (χ4v) is 4.82. The average molecular weight is 459 g/mol. The van der Waals surface area contributed by atoms with Gasteiger partial charge in [-0.1, -0.05) is 18.2 Å². The molecule has 176 valence electrons. The van der Waals surface area contributed by atoms with E-state index in [-0.39, 0.29) is 11.8 Å². The SMILES string of the molecule is COc1ccc(CN2CCc3nc(-c4ccccn4)nc(N4CCC(C(N)=O)CC4)c3C2)cc1. The number of nitrogens with two attached hydrogens (primary N) is 1. The number of ether oxygens (including phenoxy) is 1. The lowest BCUT2D eigenvalue weighted by Gasteiger charge is -2.36. The summed E-state index contributed by atoms with van der Waals surface area (Å²) >= 11 is 0. The van der Waals surface area contributed by atoms with Crippen molar-refractivity contribution in [2.45, 2.75) is 32.4 Å². The summed E-state index contributed by atoms with van der Waals surface area (Å²) in [6.45, 7) is 4.10. The molecule has 34 heavy (non-hydrogen) atoms. The molecule has 1 saturated heterocycles. The highest BCUT2D eigenvalue weighted by Crippen LogP contribution is 2.32. The van der Waals surface area contributed by atoms with Gasteiger partial charge in [0.2, 0.25) is 5.91 Å². The minimum absolute atomic E-state index is 0.0595. The van der Waals surface area contributed by atoms with Crippen LogP contribution in [0.25, 0.3) is 11.5 Å². The normalized spacial score (nSPS) is 16.8. The van der Waals surface area contributed by atoms with Gasteiger partial charge in [-0.05, 0) is 42.7 Å². The predicted octanol–water partition coefficient (Wildman–Crippen LogP) is 2.81. The minimum atomic E-state index is -0.204. The van der Waals surface area contributed by atoms with Crippen LogP contribution in [-0.4, -0.2) is 52.5 Å². The van der Waals surface area contributed by atoms with Crippen molar-refractivity contribution < 1.29 is 9.53 Å². The summed E-state index contributed by atoms with van der Waals surface area (Å²) in [5, 5.41) is 0. The van der Waals surface area contributed by atoms with Crippen molar-refractivity contribution in [1.82, 2.24) is 19.9 Å². The molecule has 0 aliphatic carbocycles. The third-order valence-electron chi connectivity index (χ3n) is 6.77. The van der Waals surface area contributed by atoms with Crippen molar-refractivity contribution in [3.63, 3.8) is 0 Å². The van der Waals surface area contributed by atoms with Crippen LogP contribution in [-0.2, 0) is 24.3 Å². The molecule has 8 heteroatoms. The van der Waals surface area contributed by atoms with Crippen LogP contribution < -0.4 is 15.4 Å². The minimum Gasteiger partial charge on any atom is -0.497 e. The molecule has 0 spiro atoms. The Hall–Kier alpha value is -3.52. The maximum Gasteiger partial charge on any atom is 0.220 e. The predicted molar refractivity (Wildman–Crippen MR) is 130 cm³/mol. The number of carbonyl (C=O) groups is 1. The zero-order valence-corrected chi connectivity index (χ0v) is 19.5. The summed E-state index contributed by atoms with van der Waals surface area (Å²) < 4.78 is 5.29. The van der Waals surface area contributed by atoms with E-state index in [9.17, 15) is 4.79 Å². The summed E-state index contributed by atoms with van der Waals surface area (Å²) in [6, 6.07) is 14.0. The zero-order chi connectivity index (χ0) is 23.5. The number of aromatic nitrogens is 3. The van der Waals surface area contributed by atoms with E-state index >= 15 is 0 Å². The van der Waals surface area contributed by atoms with Crippen molar-refractivity contribution in [3.8, 4) is 17.3 Å². The molecule has 0 bridgehead atoms. The van der Waals surface area contributed by atoms with E-state index in [1.807, 2.05) is 30.3 Å². The molecule has 2 aromatic heterocycles. The molecule has 5 rings (SSSR count). The van der Waals surface area contributed by atoms with Crippen molar-refractivity contribution in [2.75, 3.05) is 31.6 Å². The average Bonchev–Trinajstić information content (AvgIpc) is 2.89. The van der Waals surface area contributed by atoms with Crippen LogP contribution in [0.3, 0.4) is 0 Å². The Morgan fingerprint density at radius 1 is 1.09 bits per heavy atom. The molecule has 2 N–H and O–H groups in total. The van der Waals surface area contributed by atoms with Crippen molar-refractivity contribution >= 4 is 11.7 Å². The number of piperidine rings is 1. The third-order valence-corrected chi connectivity index (χ3v) is 6.77. The second kappa shape index (κ2) is 9.77. The second-order valence-corrected chi connectivity index (χ2v) is 8.98. The molecule has 0 saturated carbocycles. The highest BCUT2D eigenvalue weighted by Gasteiger charge is 2.29. The molecule has 2 aliphatic rings. The van der Waals surface area contributed by atoms with E-state index < -0.39 is 0 Å². The molecular formula is C26H30N6O2. The summed E-state index contributed by atoms with van der Waals surface area (Å²) in [5.41, 5.74) is 9.86. The Morgan fingerprint density at radius 3 is 2.56 bits per heavy atom. The summed E-state index contributed by atoms with van der Waals surface area (Å²) in [4.78, 5) is 30.8. The molecule has 3 aromatic rings. The number of methoxy groups -OCH3 is 1. The molecule has 2 aliphatic heterocycles. The van der Waals surface area contributed by atoms with Crippen LogP contribution in [0.5, 0.6) is 5.75 Å². The van der Waals surface area contributed by atoms with Crippen LogP contribution in [0.15, 0.2) is 48.7 Å². The number of carbonyl (C=O) groups excluding carboxylic acids is 1. The lowest BCUT2D eigenvalue weighted by atomic mass is 9.95. The largest absolute Gasteiger partial charge is 0.497 e. The van der Waals surface area contributed by atoms with Crippen LogP contribution in [0.2, 0.25) is 0 Å².